The third kappa shape index (κ3) is 1.36. The first-order chi connectivity index (χ1) is 5.66. The minimum atomic E-state index is -0.338. The number of rotatable bonds is 1. The molecule has 1 saturated heterocycles. The molecule has 0 amide bonds. The van der Waals surface area contributed by atoms with Gasteiger partial charge in [-0.2, -0.15) is 0 Å². The Labute approximate surface area is 71.1 Å². The number of hydrogen-bond acceptors (Lipinski definition) is 3. The van der Waals surface area contributed by atoms with Gasteiger partial charge in [-0.15, -0.1) is 0 Å². The van der Waals surface area contributed by atoms with Crippen molar-refractivity contribution < 1.29 is 14.3 Å². The Morgan fingerprint density at radius 1 is 1.25 bits per heavy atom. The minimum Gasteiger partial charge on any atom is -0.393 e. The topological polar surface area (TPSA) is 43.4 Å². The second-order valence-corrected chi connectivity index (χ2v) is 3.89. The molecule has 2 unspecified atom stereocenters. The fraction of sp³-hybridized carbons (Fsp3) is 0.778. The predicted molar refractivity (Wildman–Crippen MR) is 41.1 cm³/mol. The van der Waals surface area contributed by atoms with Crippen molar-refractivity contribution in [3.63, 3.8) is 0 Å². The molecule has 12 heavy (non-hydrogen) atoms. The van der Waals surface area contributed by atoms with Gasteiger partial charge in [-0.3, -0.25) is 9.59 Å². The summed E-state index contributed by atoms with van der Waals surface area (Å²) in [5, 5.41) is 0. The van der Waals surface area contributed by atoms with Crippen molar-refractivity contribution in [3.8, 4) is 0 Å². The maximum atomic E-state index is 10.9. The molecule has 3 nitrogen and oxygen atoms in total. The first-order valence-electron chi connectivity index (χ1n) is 4.40. The lowest BCUT2D eigenvalue weighted by molar-refractivity contribution is -0.165. The Morgan fingerprint density at radius 3 is 2.17 bits per heavy atom. The summed E-state index contributed by atoms with van der Waals surface area (Å²) in [5.41, 5.74) is 0. The number of esters is 2. The van der Waals surface area contributed by atoms with Gasteiger partial charge in [-0.25, -0.2) is 0 Å². The lowest BCUT2D eigenvalue weighted by Gasteiger charge is -2.19. The second-order valence-electron chi connectivity index (χ2n) is 3.89. The van der Waals surface area contributed by atoms with Crippen molar-refractivity contribution >= 4 is 11.9 Å². The van der Waals surface area contributed by atoms with Gasteiger partial charge in [-0.05, 0) is 24.2 Å². The maximum absolute atomic E-state index is 10.9. The van der Waals surface area contributed by atoms with Crippen LogP contribution in [-0.4, -0.2) is 11.9 Å². The van der Waals surface area contributed by atoms with Crippen LogP contribution in [0.4, 0.5) is 0 Å². The van der Waals surface area contributed by atoms with E-state index in [0.29, 0.717) is 24.7 Å². The van der Waals surface area contributed by atoms with E-state index in [-0.39, 0.29) is 17.9 Å². The van der Waals surface area contributed by atoms with Crippen LogP contribution in [0.25, 0.3) is 0 Å². The van der Waals surface area contributed by atoms with E-state index in [4.69, 9.17) is 0 Å². The molecule has 3 heteroatoms. The molecule has 1 saturated carbocycles. The SMILES string of the molecule is CC1CC1C1CC(=O)OC(=O)C1. The van der Waals surface area contributed by atoms with Gasteiger partial charge in [0.05, 0.1) is 0 Å². The normalized spacial score (nSPS) is 36.4. The Hall–Kier alpha value is -0.860. The van der Waals surface area contributed by atoms with Crippen molar-refractivity contribution in [1.82, 2.24) is 0 Å². The third-order valence-corrected chi connectivity index (χ3v) is 2.86. The van der Waals surface area contributed by atoms with Crippen LogP contribution in [0.5, 0.6) is 0 Å². The van der Waals surface area contributed by atoms with Crippen molar-refractivity contribution in [2.75, 3.05) is 0 Å². The average Bonchev–Trinajstić information content (AvgIpc) is 2.64. The van der Waals surface area contributed by atoms with Crippen LogP contribution in [-0.2, 0) is 14.3 Å². The third-order valence-electron chi connectivity index (χ3n) is 2.86. The lowest BCUT2D eigenvalue weighted by Crippen LogP contribution is -2.26. The van der Waals surface area contributed by atoms with Gasteiger partial charge in [-0.1, -0.05) is 6.92 Å². The summed E-state index contributed by atoms with van der Waals surface area (Å²) in [6.45, 7) is 2.16. The Morgan fingerprint density at radius 2 is 1.75 bits per heavy atom. The minimum absolute atomic E-state index is 0.272. The van der Waals surface area contributed by atoms with Crippen LogP contribution in [0.15, 0.2) is 0 Å². The summed E-state index contributed by atoms with van der Waals surface area (Å²) < 4.78 is 4.45. The van der Waals surface area contributed by atoms with Crippen LogP contribution >= 0.6 is 0 Å². The molecule has 1 heterocycles. The molecular weight excluding hydrogens is 156 g/mol. The Kier molecular flexibility index (Phi) is 1.67. The quantitative estimate of drug-likeness (QED) is 0.435. The van der Waals surface area contributed by atoms with Gasteiger partial charge in [0.15, 0.2) is 0 Å². The summed E-state index contributed by atoms with van der Waals surface area (Å²) in [5.74, 6) is 0.898. The molecule has 1 aliphatic heterocycles. The van der Waals surface area contributed by atoms with E-state index in [0.717, 1.165) is 0 Å². The first-order valence-corrected chi connectivity index (χ1v) is 4.40. The van der Waals surface area contributed by atoms with Gasteiger partial charge >= 0.3 is 11.9 Å². The number of ether oxygens (including phenoxy) is 1. The lowest BCUT2D eigenvalue weighted by atomic mass is 9.93. The monoisotopic (exact) mass is 168 g/mol. The van der Waals surface area contributed by atoms with Gasteiger partial charge in [0, 0.05) is 12.8 Å². The zero-order valence-electron chi connectivity index (χ0n) is 7.08. The molecule has 0 bridgehead atoms. The van der Waals surface area contributed by atoms with E-state index in [1.54, 1.807) is 0 Å². The molecule has 2 atom stereocenters. The highest BCUT2D eigenvalue weighted by Gasteiger charge is 2.43. The van der Waals surface area contributed by atoms with Crippen LogP contribution in [0.2, 0.25) is 0 Å². The molecule has 0 aromatic carbocycles. The van der Waals surface area contributed by atoms with Gasteiger partial charge in [0.1, 0.15) is 0 Å². The Bertz CT molecular complexity index is 218. The molecule has 2 rings (SSSR count). The van der Waals surface area contributed by atoms with E-state index < -0.39 is 0 Å². The zero-order valence-corrected chi connectivity index (χ0v) is 7.08. The highest BCUT2D eigenvalue weighted by atomic mass is 16.6. The zero-order chi connectivity index (χ0) is 8.72. The van der Waals surface area contributed by atoms with Gasteiger partial charge in [0.2, 0.25) is 0 Å². The number of carbonyl (C=O) groups is 2. The Balaban J connectivity index is 1.98. The second kappa shape index (κ2) is 2.57. The van der Waals surface area contributed by atoms with Crippen molar-refractivity contribution in [1.29, 1.82) is 0 Å². The van der Waals surface area contributed by atoms with Gasteiger partial charge < -0.3 is 4.74 Å². The summed E-state index contributed by atoms with van der Waals surface area (Å²) in [6.07, 6.45) is 2.06. The average molecular weight is 168 g/mol. The molecule has 0 radical (unpaired) electrons. The summed E-state index contributed by atoms with van der Waals surface area (Å²) in [4.78, 5) is 21.8. The molecule has 66 valence electrons. The molecule has 0 N–H and O–H groups in total. The van der Waals surface area contributed by atoms with E-state index in [1.165, 1.54) is 6.42 Å². The molecule has 2 fully saturated rings. The predicted octanol–water partition coefficient (Wildman–Crippen LogP) is 1.12. The number of carbonyl (C=O) groups excluding carboxylic acids is 2. The van der Waals surface area contributed by atoms with E-state index in [9.17, 15) is 9.59 Å². The van der Waals surface area contributed by atoms with Crippen molar-refractivity contribution in [2.24, 2.45) is 17.8 Å². The summed E-state index contributed by atoms with van der Waals surface area (Å²) >= 11 is 0. The van der Waals surface area contributed by atoms with Crippen molar-refractivity contribution in [3.05, 3.63) is 0 Å². The molecule has 0 aromatic rings. The fourth-order valence-corrected chi connectivity index (χ4v) is 2.02. The molecular formula is C9H12O3. The summed E-state index contributed by atoms with van der Waals surface area (Å²) in [7, 11) is 0. The molecule has 2 aliphatic rings. The first kappa shape index (κ1) is 7.77. The van der Waals surface area contributed by atoms with Crippen LogP contribution in [0, 0.1) is 17.8 Å². The number of hydrogen-bond donors (Lipinski definition) is 0. The van der Waals surface area contributed by atoms with Crippen LogP contribution in [0.1, 0.15) is 26.2 Å². The van der Waals surface area contributed by atoms with Crippen LogP contribution in [0.3, 0.4) is 0 Å². The van der Waals surface area contributed by atoms with E-state index in [1.807, 2.05) is 0 Å². The standard InChI is InChI=1S/C9H12O3/c1-5-2-7(5)6-3-8(10)12-9(11)4-6/h5-7H,2-4H2,1H3. The van der Waals surface area contributed by atoms with Crippen molar-refractivity contribution in [2.45, 2.75) is 26.2 Å². The molecule has 1 aliphatic carbocycles. The largest absolute Gasteiger partial charge is 0.393 e. The number of cyclic esters (lactones) is 2. The fourth-order valence-electron chi connectivity index (χ4n) is 2.02. The van der Waals surface area contributed by atoms with E-state index >= 15 is 0 Å². The van der Waals surface area contributed by atoms with Crippen LogP contribution < -0.4 is 0 Å². The summed E-state index contributed by atoms with van der Waals surface area (Å²) in [6, 6.07) is 0. The van der Waals surface area contributed by atoms with Gasteiger partial charge in [0.25, 0.3) is 0 Å². The maximum Gasteiger partial charge on any atom is 0.313 e. The molecule has 0 spiro atoms. The smallest absolute Gasteiger partial charge is 0.313 e. The highest BCUT2D eigenvalue weighted by molar-refractivity contribution is 5.88. The highest BCUT2D eigenvalue weighted by Crippen LogP contribution is 2.47. The molecule has 0 aromatic heterocycles. The van der Waals surface area contributed by atoms with E-state index in [2.05, 4.69) is 11.7 Å².